The summed E-state index contributed by atoms with van der Waals surface area (Å²) < 4.78 is 48.8. The minimum absolute atomic E-state index is 0.00339. The average Bonchev–Trinajstić information content (AvgIpc) is 3.37. The predicted molar refractivity (Wildman–Crippen MR) is 101 cm³/mol. The van der Waals surface area contributed by atoms with Gasteiger partial charge in [-0.2, -0.15) is 13.2 Å². The van der Waals surface area contributed by atoms with E-state index in [0.717, 1.165) is 24.6 Å². The van der Waals surface area contributed by atoms with Gasteiger partial charge in [-0.3, -0.25) is 4.79 Å². The van der Waals surface area contributed by atoms with E-state index < -0.39 is 11.9 Å². The topological polar surface area (TPSA) is 84.2 Å². The third kappa shape index (κ3) is 4.27. The van der Waals surface area contributed by atoms with E-state index in [2.05, 4.69) is 15.1 Å². The molecule has 1 fully saturated rings. The molecule has 7 nitrogen and oxygen atoms in total. The number of H-pyrrole nitrogens is 1. The Bertz CT molecular complexity index is 1040. The van der Waals surface area contributed by atoms with Crippen LogP contribution in [0.3, 0.4) is 0 Å². The molecule has 0 spiro atoms. The fourth-order valence-corrected chi connectivity index (χ4v) is 3.76. The van der Waals surface area contributed by atoms with Gasteiger partial charge in [-0.05, 0) is 36.2 Å². The Hall–Kier alpha value is -3.04. The molecule has 30 heavy (non-hydrogen) atoms. The first-order chi connectivity index (χ1) is 14.3. The number of aromatic nitrogens is 3. The third-order valence-electron chi connectivity index (χ3n) is 5.33. The van der Waals surface area contributed by atoms with Gasteiger partial charge in [0.1, 0.15) is 11.5 Å². The van der Waals surface area contributed by atoms with Crippen molar-refractivity contribution in [3.63, 3.8) is 0 Å². The SMILES string of the molecule is COc1cc(CCC(=O)N2CCCC(c3cc4nc(C(F)(F)F)ccc4[nH]3)C2)on1. The Morgan fingerprint density at radius 3 is 2.93 bits per heavy atom. The third-order valence-corrected chi connectivity index (χ3v) is 5.33. The van der Waals surface area contributed by atoms with Gasteiger partial charge >= 0.3 is 6.18 Å². The average molecular weight is 422 g/mol. The lowest BCUT2D eigenvalue weighted by Crippen LogP contribution is -2.39. The Labute approximate surface area is 170 Å². The largest absolute Gasteiger partial charge is 0.479 e. The molecule has 1 amide bonds. The van der Waals surface area contributed by atoms with Crippen molar-refractivity contribution >= 4 is 16.9 Å². The number of methoxy groups -OCH3 is 1. The molecule has 0 bridgehead atoms. The fourth-order valence-electron chi connectivity index (χ4n) is 3.76. The molecule has 4 rings (SSSR count). The van der Waals surface area contributed by atoms with E-state index >= 15 is 0 Å². The first-order valence-electron chi connectivity index (χ1n) is 9.67. The lowest BCUT2D eigenvalue weighted by atomic mass is 9.94. The van der Waals surface area contributed by atoms with Crippen LogP contribution in [-0.4, -0.2) is 46.1 Å². The van der Waals surface area contributed by atoms with Crippen LogP contribution in [0.2, 0.25) is 0 Å². The van der Waals surface area contributed by atoms with Gasteiger partial charge in [-0.15, -0.1) is 0 Å². The summed E-state index contributed by atoms with van der Waals surface area (Å²) in [6, 6.07) is 5.67. The highest BCUT2D eigenvalue weighted by Crippen LogP contribution is 2.32. The van der Waals surface area contributed by atoms with Crippen molar-refractivity contribution in [1.29, 1.82) is 0 Å². The predicted octanol–water partition coefficient (Wildman–Crippen LogP) is 3.92. The number of hydrogen-bond acceptors (Lipinski definition) is 5. The van der Waals surface area contributed by atoms with Crippen LogP contribution in [0, 0.1) is 0 Å². The van der Waals surface area contributed by atoms with Gasteiger partial charge < -0.3 is 19.1 Å². The summed E-state index contributed by atoms with van der Waals surface area (Å²) in [5.74, 6) is 0.979. The van der Waals surface area contributed by atoms with E-state index in [-0.39, 0.29) is 23.8 Å². The number of alkyl halides is 3. The molecular weight excluding hydrogens is 401 g/mol. The number of aromatic amines is 1. The fraction of sp³-hybridized carbons (Fsp3) is 0.450. The second-order valence-electron chi connectivity index (χ2n) is 7.37. The Morgan fingerprint density at radius 2 is 2.20 bits per heavy atom. The molecule has 0 aliphatic carbocycles. The van der Waals surface area contributed by atoms with Crippen LogP contribution in [0.1, 0.15) is 42.3 Å². The van der Waals surface area contributed by atoms with Crippen molar-refractivity contribution in [1.82, 2.24) is 20.0 Å². The number of aryl methyl sites for hydroxylation is 1. The number of rotatable bonds is 5. The van der Waals surface area contributed by atoms with Crippen molar-refractivity contribution in [2.24, 2.45) is 0 Å². The van der Waals surface area contributed by atoms with Gasteiger partial charge in [-0.1, -0.05) is 0 Å². The smallest absolute Gasteiger partial charge is 0.433 e. The first kappa shape index (κ1) is 20.2. The van der Waals surface area contributed by atoms with Gasteiger partial charge in [0.25, 0.3) is 5.88 Å². The number of nitrogens with zero attached hydrogens (tertiary/aromatic N) is 3. The molecule has 1 aliphatic heterocycles. The summed E-state index contributed by atoms with van der Waals surface area (Å²) >= 11 is 0. The van der Waals surface area contributed by atoms with Crippen LogP contribution in [0.4, 0.5) is 13.2 Å². The normalized spacial score (nSPS) is 17.5. The zero-order chi connectivity index (χ0) is 21.3. The van der Waals surface area contributed by atoms with Crippen molar-refractivity contribution in [3.8, 4) is 5.88 Å². The summed E-state index contributed by atoms with van der Waals surface area (Å²) in [5, 5.41) is 3.72. The number of likely N-dealkylation sites (tertiary alicyclic amines) is 1. The number of amides is 1. The van der Waals surface area contributed by atoms with Gasteiger partial charge in [-0.25, -0.2) is 4.98 Å². The maximum absolute atomic E-state index is 12.9. The monoisotopic (exact) mass is 422 g/mol. The molecule has 1 atom stereocenters. The summed E-state index contributed by atoms with van der Waals surface area (Å²) in [7, 11) is 1.49. The Morgan fingerprint density at radius 1 is 1.37 bits per heavy atom. The highest BCUT2D eigenvalue weighted by molar-refractivity contribution is 5.77. The quantitative estimate of drug-likeness (QED) is 0.674. The summed E-state index contributed by atoms with van der Waals surface area (Å²) in [4.78, 5) is 21.3. The zero-order valence-electron chi connectivity index (χ0n) is 16.3. The molecule has 3 aromatic rings. The second kappa shape index (κ2) is 8.00. The molecule has 1 saturated heterocycles. The maximum atomic E-state index is 12.9. The summed E-state index contributed by atoms with van der Waals surface area (Å²) in [6.45, 7) is 1.17. The van der Waals surface area contributed by atoms with E-state index in [1.165, 1.54) is 13.2 Å². The molecule has 1 N–H and O–H groups in total. The molecule has 0 aromatic carbocycles. The van der Waals surface area contributed by atoms with Crippen LogP contribution in [0.25, 0.3) is 11.0 Å². The van der Waals surface area contributed by atoms with Gasteiger partial charge in [0.15, 0.2) is 0 Å². The molecule has 3 aromatic heterocycles. The van der Waals surface area contributed by atoms with Crippen LogP contribution in [0.5, 0.6) is 5.88 Å². The number of pyridine rings is 1. The standard InChI is InChI=1S/C20H21F3N4O3/c1-29-18-9-13(30-26-18)4-7-19(28)27-8-2-3-12(11-27)15-10-16-14(24-15)5-6-17(25-16)20(21,22)23/h5-6,9-10,12,24H,2-4,7-8,11H2,1H3. The van der Waals surface area contributed by atoms with Crippen LogP contribution in [0.15, 0.2) is 28.8 Å². The highest BCUT2D eigenvalue weighted by atomic mass is 19.4. The van der Waals surface area contributed by atoms with Crippen molar-refractivity contribution in [2.75, 3.05) is 20.2 Å². The number of piperidine rings is 1. The minimum Gasteiger partial charge on any atom is -0.479 e. The van der Waals surface area contributed by atoms with Gasteiger partial charge in [0, 0.05) is 43.6 Å². The Kier molecular flexibility index (Phi) is 5.40. The van der Waals surface area contributed by atoms with Gasteiger partial charge in [0.2, 0.25) is 5.91 Å². The highest BCUT2D eigenvalue weighted by Gasteiger charge is 2.33. The number of halogens is 3. The molecule has 1 unspecified atom stereocenters. The first-order valence-corrected chi connectivity index (χ1v) is 9.67. The summed E-state index contributed by atoms with van der Waals surface area (Å²) in [6.07, 6.45) is -2.10. The number of carbonyl (C=O) groups is 1. The molecule has 10 heteroatoms. The molecule has 4 heterocycles. The molecule has 0 saturated carbocycles. The van der Waals surface area contributed by atoms with Crippen molar-refractivity contribution < 1.29 is 27.2 Å². The van der Waals surface area contributed by atoms with Crippen LogP contribution in [-0.2, 0) is 17.4 Å². The number of hydrogen-bond donors (Lipinski definition) is 1. The molecule has 0 radical (unpaired) electrons. The molecule has 1 aliphatic rings. The lowest BCUT2D eigenvalue weighted by molar-refractivity contribution is -0.141. The molecule has 160 valence electrons. The zero-order valence-corrected chi connectivity index (χ0v) is 16.3. The lowest BCUT2D eigenvalue weighted by Gasteiger charge is -2.32. The van der Waals surface area contributed by atoms with E-state index in [1.54, 1.807) is 17.0 Å². The second-order valence-corrected chi connectivity index (χ2v) is 7.37. The number of ether oxygens (including phenoxy) is 1. The van der Waals surface area contributed by atoms with E-state index in [1.807, 2.05) is 0 Å². The van der Waals surface area contributed by atoms with Crippen molar-refractivity contribution in [2.45, 2.75) is 37.8 Å². The minimum atomic E-state index is -4.48. The maximum Gasteiger partial charge on any atom is 0.433 e. The molecular formula is C20H21F3N4O3. The van der Waals surface area contributed by atoms with Crippen LogP contribution >= 0.6 is 0 Å². The number of carbonyl (C=O) groups excluding carboxylic acids is 1. The van der Waals surface area contributed by atoms with Gasteiger partial charge in [0.05, 0.1) is 18.1 Å². The summed E-state index contributed by atoms with van der Waals surface area (Å²) in [5.41, 5.74) is 0.725. The number of nitrogens with one attached hydrogen (secondary N) is 1. The number of fused-ring (bicyclic) bond motifs is 1. The van der Waals surface area contributed by atoms with Crippen molar-refractivity contribution in [3.05, 3.63) is 41.4 Å². The Balaban J connectivity index is 1.42. The van der Waals surface area contributed by atoms with E-state index in [4.69, 9.17) is 9.26 Å². The van der Waals surface area contributed by atoms with Crippen LogP contribution < -0.4 is 4.74 Å². The van der Waals surface area contributed by atoms with E-state index in [9.17, 15) is 18.0 Å². The van der Waals surface area contributed by atoms with E-state index in [0.29, 0.717) is 36.7 Å².